The monoisotopic (exact) mass is 392 g/mol. The van der Waals surface area contributed by atoms with Gasteiger partial charge in [0.1, 0.15) is 18.6 Å². The van der Waals surface area contributed by atoms with Gasteiger partial charge in [0.25, 0.3) is 0 Å². The van der Waals surface area contributed by atoms with Gasteiger partial charge in [0.2, 0.25) is 0 Å². The second-order valence-electron chi connectivity index (χ2n) is 7.34. The lowest BCUT2D eigenvalue weighted by Gasteiger charge is -2.35. The number of fused-ring (bicyclic) bond motifs is 1. The summed E-state index contributed by atoms with van der Waals surface area (Å²) in [4.78, 5) is 37.7. The maximum absolute atomic E-state index is 13.4. The van der Waals surface area contributed by atoms with Crippen molar-refractivity contribution >= 4 is 17.7 Å². The van der Waals surface area contributed by atoms with E-state index in [1.165, 1.54) is 6.92 Å². The summed E-state index contributed by atoms with van der Waals surface area (Å²) in [5.41, 5.74) is 1.45. The lowest BCUT2D eigenvalue weighted by molar-refractivity contribution is -0.154. The zero-order valence-electron chi connectivity index (χ0n) is 16.5. The summed E-state index contributed by atoms with van der Waals surface area (Å²) in [6.45, 7) is 5.28. The van der Waals surface area contributed by atoms with Gasteiger partial charge in [-0.15, -0.1) is 0 Å². The van der Waals surface area contributed by atoms with Gasteiger partial charge in [0, 0.05) is 12.5 Å². The molecule has 0 amide bonds. The van der Waals surface area contributed by atoms with Crippen molar-refractivity contribution in [1.82, 2.24) is 0 Å². The average molecular weight is 392 g/mol. The highest BCUT2D eigenvalue weighted by atomic mass is 16.5. The van der Waals surface area contributed by atoms with Gasteiger partial charge < -0.3 is 9.47 Å². The molecule has 0 saturated carbocycles. The van der Waals surface area contributed by atoms with Crippen molar-refractivity contribution in [2.75, 3.05) is 6.61 Å². The molecule has 2 aromatic carbocycles. The summed E-state index contributed by atoms with van der Waals surface area (Å²) >= 11 is 0. The predicted molar refractivity (Wildman–Crippen MR) is 108 cm³/mol. The largest absolute Gasteiger partial charge is 0.461 e. The molecule has 1 aliphatic rings. The van der Waals surface area contributed by atoms with E-state index < -0.39 is 17.4 Å². The Morgan fingerprint density at radius 1 is 1.03 bits per heavy atom. The molecule has 0 bridgehead atoms. The van der Waals surface area contributed by atoms with E-state index in [0.717, 1.165) is 11.1 Å². The average Bonchev–Trinajstić information content (AvgIpc) is 2.73. The van der Waals surface area contributed by atoms with Crippen LogP contribution in [-0.4, -0.2) is 24.3 Å². The number of hydrogen-bond acceptors (Lipinski definition) is 5. The van der Waals surface area contributed by atoms with Gasteiger partial charge in [0.05, 0.1) is 0 Å². The van der Waals surface area contributed by atoms with E-state index in [1.807, 2.05) is 42.5 Å². The molecule has 5 heteroatoms. The highest BCUT2D eigenvalue weighted by Crippen LogP contribution is 2.41. The minimum Gasteiger partial charge on any atom is -0.461 e. The standard InChI is InChI=1S/C24H24O5/c1-17(15-28-18(2)25)14-24(23(27)29-16-19-8-4-3-5-9-19)13-12-20-10-6-7-11-21(20)22(24)26/h3-11H,1,12-16H2,2H3/t24-/m0/s1. The maximum atomic E-state index is 13.4. The molecule has 2 aromatic rings. The van der Waals surface area contributed by atoms with E-state index in [1.54, 1.807) is 12.1 Å². The number of esters is 2. The van der Waals surface area contributed by atoms with Crippen molar-refractivity contribution in [3.05, 3.63) is 83.4 Å². The Balaban J connectivity index is 1.85. The van der Waals surface area contributed by atoms with E-state index in [-0.39, 0.29) is 25.4 Å². The van der Waals surface area contributed by atoms with E-state index in [9.17, 15) is 14.4 Å². The molecule has 0 aromatic heterocycles. The van der Waals surface area contributed by atoms with Gasteiger partial charge in [-0.1, -0.05) is 61.2 Å². The summed E-state index contributed by atoms with van der Waals surface area (Å²) < 4.78 is 10.6. The van der Waals surface area contributed by atoms with Crippen LogP contribution in [0, 0.1) is 5.41 Å². The smallest absolute Gasteiger partial charge is 0.320 e. The van der Waals surface area contributed by atoms with Gasteiger partial charge in [-0.2, -0.15) is 0 Å². The Kier molecular flexibility index (Phi) is 6.27. The highest BCUT2D eigenvalue weighted by Gasteiger charge is 2.50. The van der Waals surface area contributed by atoms with Crippen molar-refractivity contribution in [2.24, 2.45) is 5.41 Å². The van der Waals surface area contributed by atoms with Gasteiger partial charge in [-0.05, 0) is 36.0 Å². The zero-order valence-corrected chi connectivity index (χ0v) is 16.5. The highest BCUT2D eigenvalue weighted by molar-refractivity contribution is 6.14. The van der Waals surface area contributed by atoms with E-state index in [2.05, 4.69) is 6.58 Å². The van der Waals surface area contributed by atoms with Crippen LogP contribution in [0.15, 0.2) is 66.7 Å². The Bertz CT molecular complexity index is 931. The number of ketones is 1. The minimum absolute atomic E-state index is 0.0298. The number of aryl methyl sites for hydroxylation is 1. The molecule has 5 nitrogen and oxygen atoms in total. The van der Waals surface area contributed by atoms with Gasteiger partial charge >= 0.3 is 11.9 Å². The minimum atomic E-state index is -1.36. The first-order valence-corrected chi connectivity index (χ1v) is 9.56. The van der Waals surface area contributed by atoms with Gasteiger partial charge in [0.15, 0.2) is 5.78 Å². The summed E-state index contributed by atoms with van der Waals surface area (Å²) in [5, 5.41) is 0. The molecule has 0 unspecified atom stereocenters. The Labute approximate surface area is 170 Å². The molecule has 0 spiro atoms. The Hall–Kier alpha value is -3.21. The predicted octanol–water partition coefficient (Wildman–Crippen LogP) is 4.05. The van der Waals surface area contributed by atoms with Crippen LogP contribution < -0.4 is 0 Å². The van der Waals surface area contributed by atoms with Crippen LogP contribution in [0.1, 0.15) is 41.3 Å². The molecule has 1 aliphatic carbocycles. The second-order valence-corrected chi connectivity index (χ2v) is 7.34. The second kappa shape index (κ2) is 8.86. The summed E-state index contributed by atoms with van der Waals surface area (Å²) in [6, 6.07) is 16.6. The van der Waals surface area contributed by atoms with Crippen LogP contribution in [0.5, 0.6) is 0 Å². The summed E-state index contributed by atoms with van der Waals surface area (Å²) in [6.07, 6.45) is 1.000. The van der Waals surface area contributed by atoms with Gasteiger partial charge in [-0.3, -0.25) is 14.4 Å². The lowest BCUT2D eigenvalue weighted by atomic mass is 9.67. The quantitative estimate of drug-likeness (QED) is 0.404. The third-order valence-electron chi connectivity index (χ3n) is 5.15. The first kappa shape index (κ1) is 20.5. The molecule has 29 heavy (non-hydrogen) atoms. The van der Waals surface area contributed by atoms with Crippen LogP contribution in [0.2, 0.25) is 0 Å². The number of hydrogen-bond donors (Lipinski definition) is 0. The fourth-order valence-corrected chi connectivity index (χ4v) is 3.66. The molecule has 3 rings (SSSR count). The van der Waals surface area contributed by atoms with Crippen molar-refractivity contribution in [3.63, 3.8) is 0 Å². The third-order valence-corrected chi connectivity index (χ3v) is 5.15. The van der Waals surface area contributed by atoms with E-state index in [0.29, 0.717) is 24.0 Å². The summed E-state index contributed by atoms with van der Waals surface area (Å²) in [5.74, 6) is -1.27. The van der Waals surface area contributed by atoms with Crippen LogP contribution in [-0.2, 0) is 32.1 Å². The molecule has 0 radical (unpaired) electrons. The van der Waals surface area contributed by atoms with Crippen molar-refractivity contribution in [2.45, 2.75) is 32.8 Å². The number of carbonyl (C=O) groups is 3. The zero-order chi connectivity index (χ0) is 20.9. The molecule has 0 fully saturated rings. The molecule has 0 heterocycles. The van der Waals surface area contributed by atoms with Crippen LogP contribution in [0.25, 0.3) is 0 Å². The fourth-order valence-electron chi connectivity index (χ4n) is 3.66. The number of Topliss-reactive ketones (excluding diaryl/α,β-unsaturated/α-hetero) is 1. The summed E-state index contributed by atoms with van der Waals surface area (Å²) in [7, 11) is 0. The van der Waals surface area contributed by atoms with Crippen LogP contribution >= 0.6 is 0 Å². The molecule has 0 N–H and O–H groups in total. The van der Waals surface area contributed by atoms with Crippen molar-refractivity contribution in [1.29, 1.82) is 0 Å². The van der Waals surface area contributed by atoms with E-state index >= 15 is 0 Å². The normalized spacial score (nSPS) is 17.9. The number of benzene rings is 2. The van der Waals surface area contributed by atoms with Crippen molar-refractivity contribution in [3.8, 4) is 0 Å². The van der Waals surface area contributed by atoms with E-state index in [4.69, 9.17) is 9.47 Å². The van der Waals surface area contributed by atoms with Gasteiger partial charge in [-0.25, -0.2) is 0 Å². The molecule has 0 aliphatic heterocycles. The Morgan fingerprint density at radius 2 is 1.72 bits per heavy atom. The fraction of sp³-hybridized carbons (Fsp3) is 0.292. The molecule has 150 valence electrons. The Morgan fingerprint density at radius 3 is 2.45 bits per heavy atom. The van der Waals surface area contributed by atoms with Crippen LogP contribution in [0.3, 0.4) is 0 Å². The number of ether oxygens (including phenoxy) is 2. The molecule has 1 atom stereocenters. The molecular formula is C24H24O5. The van der Waals surface area contributed by atoms with Crippen LogP contribution in [0.4, 0.5) is 0 Å². The first-order valence-electron chi connectivity index (χ1n) is 9.56. The topological polar surface area (TPSA) is 69.7 Å². The first-order chi connectivity index (χ1) is 13.9. The lowest BCUT2D eigenvalue weighted by Crippen LogP contribution is -2.44. The SMILES string of the molecule is C=C(COC(C)=O)C[C@@]1(C(=O)OCc2ccccc2)CCc2ccccc2C1=O. The van der Waals surface area contributed by atoms with Crippen molar-refractivity contribution < 1.29 is 23.9 Å². The maximum Gasteiger partial charge on any atom is 0.320 e. The third kappa shape index (κ3) is 4.62. The number of carbonyl (C=O) groups excluding carboxylic acids is 3. The molecular weight excluding hydrogens is 368 g/mol. The number of rotatable bonds is 7. The molecule has 0 saturated heterocycles.